The van der Waals surface area contributed by atoms with Crippen LogP contribution in [0.4, 0.5) is 23.7 Å². The van der Waals surface area contributed by atoms with E-state index in [-0.39, 0.29) is 37.4 Å². The lowest BCUT2D eigenvalue weighted by Gasteiger charge is -2.34. The molecule has 1 aliphatic heterocycles. The number of carboxylic acid groups (broad SMARTS) is 1. The van der Waals surface area contributed by atoms with Crippen molar-refractivity contribution in [2.75, 3.05) is 31.1 Å². The number of aromatic nitrogens is 1. The summed E-state index contributed by atoms with van der Waals surface area (Å²) >= 11 is 0. The molecule has 0 atom stereocenters. The monoisotopic (exact) mass is 367 g/mol. The highest BCUT2D eigenvalue weighted by Crippen LogP contribution is 2.36. The molecule has 1 aliphatic rings. The molecule has 0 spiro atoms. The lowest BCUT2D eigenvalue weighted by atomic mass is 10.0. The molecule has 1 aromatic heterocycles. The van der Waals surface area contributed by atoms with Crippen molar-refractivity contribution in [1.29, 1.82) is 0 Å². The van der Waals surface area contributed by atoms with Crippen LogP contribution in [0.15, 0.2) is 41.2 Å². The van der Waals surface area contributed by atoms with Crippen molar-refractivity contribution in [2.45, 2.75) is 6.18 Å². The van der Waals surface area contributed by atoms with E-state index < -0.39 is 23.5 Å². The number of anilines is 1. The molecule has 2 aromatic rings. The van der Waals surface area contributed by atoms with E-state index in [0.717, 1.165) is 0 Å². The molecule has 1 amide bonds. The van der Waals surface area contributed by atoms with E-state index in [9.17, 15) is 22.8 Å². The third-order valence-corrected chi connectivity index (χ3v) is 4.28. The molecule has 138 valence electrons. The summed E-state index contributed by atoms with van der Waals surface area (Å²) < 4.78 is 40.1. The number of amides is 1. The molecule has 2 N–H and O–H groups in total. The van der Waals surface area contributed by atoms with Gasteiger partial charge in [0.15, 0.2) is 0 Å². The van der Waals surface area contributed by atoms with E-state index in [1.165, 1.54) is 23.1 Å². The Hall–Kier alpha value is -2.97. The molecule has 6 nitrogen and oxygen atoms in total. The van der Waals surface area contributed by atoms with Gasteiger partial charge < -0.3 is 19.9 Å². The second-order valence-electron chi connectivity index (χ2n) is 5.89. The highest BCUT2D eigenvalue weighted by molar-refractivity contribution is 5.71. The van der Waals surface area contributed by atoms with Gasteiger partial charge in [0.1, 0.15) is 11.4 Å². The maximum Gasteiger partial charge on any atom is 0.431 e. The normalized spacial score (nSPS) is 15.2. The Labute approximate surface area is 146 Å². The van der Waals surface area contributed by atoms with Crippen molar-refractivity contribution in [3.8, 4) is 11.1 Å². The Balaban J connectivity index is 2.03. The predicted molar refractivity (Wildman–Crippen MR) is 89.3 cm³/mol. The maximum atomic E-state index is 13.4. The van der Waals surface area contributed by atoms with Crippen molar-refractivity contribution in [3.63, 3.8) is 0 Å². The lowest BCUT2D eigenvalue weighted by Crippen LogP contribution is -2.49. The number of aromatic amines is 1. The number of rotatable bonds is 2. The van der Waals surface area contributed by atoms with Crippen LogP contribution in [-0.4, -0.2) is 47.3 Å². The van der Waals surface area contributed by atoms with Crippen LogP contribution in [-0.2, 0) is 6.18 Å². The number of alkyl halides is 3. The average molecular weight is 367 g/mol. The van der Waals surface area contributed by atoms with Gasteiger partial charge >= 0.3 is 12.3 Å². The zero-order valence-corrected chi connectivity index (χ0v) is 13.6. The first-order valence-electron chi connectivity index (χ1n) is 7.90. The van der Waals surface area contributed by atoms with Crippen LogP contribution in [0.25, 0.3) is 11.1 Å². The van der Waals surface area contributed by atoms with E-state index in [1.807, 2.05) is 4.98 Å². The fourth-order valence-corrected chi connectivity index (χ4v) is 2.96. The molecule has 0 bridgehead atoms. The predicted octanol–water partition coefficient (Wildman–Crippen LogP) is 2.86. The number of pyridine rings is 1. The van der Waals surface area contributed by atoms with E-state index in [4.69, 9.17) is 5.11 Å². The van der Waals surface area contributed by atoms with Gasteiger partial charge in [0.05, 0.1) is 0 Å². The number of hydrogen-bond donors (Lipinski definition) is 2. The van der Waals surface area contributed by atoms with Crippen LogP contribution >= 0.6 is 0 Å². The molecule has 1 fully saturated rings. The number of piperazine rings is 1. The first-order chi connectivity index (χ1) is 12.3. The molecule has 3 rings (SSSR count). The van der Waals surface area contributed by atoms with Gasteiger partial charge in [0.25, 0.3) is 5.56 Å². The maximum absolute atomic E-state index is 13.4. The van der Waals surface area contributed by atoms with Crippen molar-refractivity contribution in [1.82, 2.24) is 9.88 Å². The van der Waals surface area contributed by atoms with Crippen LogP contribution in [0.5, 0.6) is 0 Å². The van der Waals surface area contributed by atoms with Gasteiger partial charge in [-0.2, -0.15) is 13.2 Å². The summed E-state index contributed by atoms with van der Waals surface area (Å²) in [5, 5.41) is 8.98. The minimum Gasteiger partial charge on any atom is -0.465 e. The van der Waals surface area contributed by atoms with Gasteiger partial charge in [0, 0.05) is 31.7 Å². The number of nitrogens with zero attached hydrogens (tertiary/aromatic N) is 2. The van der Waals surface area contributed by atoms with Gasteiger partial charge in [-0.15, -0.1) is 0 Å². The first-order valence-corrected chi connectivity index (χ1v) is 7.90. The Kier molecular flexibility index (Phi) is 4.62. The van der Waals surface area contributed by atoms with E-state index in [0.29, 0.717) is 5.56 Å². The number of H-pyrrole nitrogens is 1. The highest BCUT2D eigenvalue weighted by Gasteiger charge is 2.36. The standard InChI is InChI=1S/C17H16F3N3O3/c18-17(19,20)14-12(11-4-2-1-3-5-11)10-13(15(24)21-14)22-6-8-23(9-7-22)16(25)26/h1-5,10H,6-9H2,(H,21,24)(H,25,26). The Morgan fingerprint density at radius 1 is 1.08 bits per heavy atom. The van der Waals surface area contributed by atoms with Gasteiger partial charge in [-0.3, -0.25) is 4.79 Å². The van der Waals surface area contributed by atoms with Gasteiger partial charge in [0.2, 0.25) is 0 Å². The van der Waals surface area contributed by atoms with Crippen molar-refractivity contribution >= 4 is 11.8 Å². The molecule has 26 heavy (non-hydrogen) atoms. The van der Waals surface area contributed by atoms with Gasteiger partial charge in [-0.1, -0.05) is 30.3 Å². The quantitative estimate of drug-likeness (QED) is 0.856. The number of benzene rings is 1. The van der Waals surface area contributed by atoms with Crippen LogP contribution < -0.4 is 10.5 Å². The summed E-state index contributed by atoms with van der Waals surface area (Å²) in [6.07, 6.45) is -5.76. The zero-order valence-electron chi connectivity index (χ0n) is 13.6. The van der Waals surface area contributed by atoms with E-state index in [1.54, 1.807) is 23.1 Å². The SMILES string of the molecule is O=C(O)N1CCN(c2cc(-c3ccccc3)c(C(F)(F)F)[nH]c2=O)CC1. The van der Waals surface area contributed by atoms with Crippen LogP contribution in [0, 0.1) is 0 Å². The van der Waals surface area contributed by atoms with Crippen molar-refractivity contribution < 1.29 is 23.1 Å². The Morgan fingerprint density at radius 3 is 2.23 bits per heavy atom. The summed E-state index contributed by atoms with van der Waals surface area (Å²) in [7, 11) is 0. The second kappa shape index (κ2) is 6.74. The second-order valence-corrected chi connectivity index (χ2v) is 5.89. The Morgan fingerprint density at radius 2 is 1.69 bits per heavy atom. The highest BCUT2D eigenvalue weighted by atomic mass is 19.4. The number of halogens is 3. The largest absolute Gasteiger partial charge is 0.465 e. The fraction of sp³-hybridized carbons (Fsp3) is 0.294. The third kappa shape index (κ3) is 3.51. The van der Waals surface area contributed by atoms with Crippen molar-refractivity contribution in [2.24, 2.45) is 0 Å². The van der Waals surface area contributed by atoms with Crippen LogP contribution in [0.3, 0.4) is 0 Å². The Bertz CT molecular complexity index is 857. The summed E-state index contributed by atoms with van der Waals surface area (Å²) in [5.74, 6) is 0. The molecule has 0 radical (unpaired) electrons. The number of hydrogen-bond acceptors (Lipinski definition) is 3. The topological polar surface area (TPSA) is 76.6 Å². The molecule has 1 saturated heterocycles. The minimum atomic E-state index is -4.70. The molecular weight excluding hydrogens is 351 g/mol. The van der Waals surface area contributed by atoms with E-state index >= 15 is 0 Å². The van der Waals surface area contributed by atoms with Gasteiger partial charge in [-0.25, -0.2) is 4.79 Å². The molecule has 1 aromatic carbocycles. The summed E-state index contributed by atoms with van der Waals surface area (Å²) in [5.41, 5.74) is -1.63. The summed E-state index contributed by atoms with van der Waals surface area (Å²) in [4.78, 5) is 28.0. The molecule has 2 heterocycles. The summed E-state index contributed by atoms with van der Waals surface area (Å²) in [6, 6.07) is 9.23. The molecule has 0 saturated carbocycles. The molecule has 0 aliphatic carbocycles. The number of carbonyl (C=O) groups is 1. The lowest BCUT2D eigenvalue weighted by molar-refractivity contribution is -0.140. The average Bonchev–Trinajstić information content (AvgIpc) is 2.61. The smallest absolute Gasteiger partial charge is 0.431 e. The molecule has 0 unspecified atom stereocenters. The first kappa shape index (κ1) is 17.8. The molecule has 9 heteroatoms. The number of nitrogens with one attached hydrogen (secondary N) is 1. The summed E-state index contributed by atoms with van der Waals surface area (Å²) in [6.45, 7) is 0.816. The zero-order chi connectivity index (χ0) is 18.9. The fourth-order valence-electron chi connectivity index (χ4n) is 2.96. The third-order valence-electron chi connectivity index (χ3n) is 4.28. The minimum absolute atomic E-state index is 0.0990. The van der Waals surface area contributed by atoms with Gasteiger partial charge in [-0.05, 0) is 11.6 Å². The molecular formula is C17H16F3N3O3. The van der Waals surface area contributed by atoms with Crippen LogP contribution in [0.1, 0.15) is 5.69 Å². The van der Waals surface area contributed by atoms with E-state index in [2.05, 4.69) is 0 Å². The van der Waals surface area contributed by atoms with Crippen molar-refractivity contribution in [3.05, 3.63) is 52.4 Å². The van der Waals surface area contributed by atoms with Crippen LogP contribution in [0.2, 0.25) is 0 Å².